The van der Waals surface area contributed by atoms with Crippen molar-refractivity contribution in [2.75, 3.05) is 0 Å². The third kappa shape index (κ3) is 5.87. The average molecular weight is 476 g/mol. The third-order valence-electron chi connectivity index (χ3n) is 4.78. The van der Waals surface area contributed by atoms with Gasteiger partial charge in [0, 0.05) is 10.6 Å². The minimum Gasteiger partial charge on any atom is -0.489 e. The molecule has 1 saturated heterocycles. The van der Waals surface area contributed by atoms with E-state index in [1.807, 2.05) is 55.5 Å². The summed E-state index contributed by atoms with van der Waals surface area (Å²) in [6, 6.07) is 13.8. The summed E-state index contributed by atoms with van der Waals surface area (Å²) < 4.78 is 6.05. The van der Waals surface area contributed by atoms with E-state index in [9.17, 15) is 14.7 Å². The van der Waals surface area contributed by atoms with Crippen LogP contribution in [0.15, 0.2) is 53.4 Å². The highest BCUT2D eigenvalue weighted by Gasteiger charge is 2.40. The summed E-state index contributed by atoms with van der Waals surface area (Å²) in [4.78, 5) is 26.1. The maximum Gasteiger partial charge on any atom is 0.326 e. The zero-order chi connectivity index (χ0) is 22.4. The molecule has 0 aromatic heterocycles. The van der Waals surface area contributed by atoms with Gasteiger partial charge in [0.15, 0.2) is 0 Å². The summed E-state index contributed by atoms with van der Waals surface area (Å²) in [6.07, 6.45) is 3.65. The molecule has 1 heterocycles. The van der Waals surface area contributed by atoms with E-state index in [1.165, 1.54) is 4.90 Å². The molecule has 8 heteroatoms. The Morgan fingerprint density at radius 1 is 1.26 bits per heavy atom. The number of thiocarbonyl (C=S) groups is 1. The lowest BCUT2D eigenvalue weighted by atomic mass is 10.1. The lowest BCUT2D eigenvalue weighted by molar-refractivity contribution is -0.145. The molecule has 2 aromatic rings. The molecule has 1 atom stereocenters. The molecule has 0 radical (unpaired) electrons. The molecule has 1 N–H and O–H groups in total. The normalized spacial score (nSPS) is 16.1. The molecule has 1 aliphatic rings. The van der Waals surface area contributed by atoms with Gasteiger partial charge in [-0.3, -0.25) is 9.69 Å². The zero-order valence-corrected chi connectivity index (χ0v) is 19.3. The van der Waals surface area contributed by atoms with Gasteiger partial charge in [-0.1, -0.05) is 85.7 Å². The molecule has 0 saturated carbocycles. The number of amides is 1. The first-order chi connectivity index (χ1) is 14.9. The average Bonchev–Trinajstić information content (AvgIpc) is 3.02. The number of carbonyl (C=O) groups excluding carboxylic acids is 1. The van der Waals surface area contributed by atoms with E-state index in [4.69, 9.17) is 28.6 Å². The fourth-order valence-corrected chi connectivity index (χ4v) is 4.64. The van der Waals surface area contributed by atoms with E-state index < -0.39 is 12.0 Å². The van der Waals surface area contributed by atoms with E-state index in [2.05, 4.69) is 0 Å². The first-order valence-corrected chi connectivity index (χ1v) is 11.5. The number of hydrogen-bond donors (Lipinski definition) is 1. The molecular formula is C23H22ClNO4S2. The number of unbranched alkanes of at least 4 members (excludes halogenated alkanes) is 1. The number of ether oxygens (including phenoxy) is 1. The van der Waals surface area contributed by atoms with Gasteiger partial charge in [0.1, 0.15) is 22.7 Å². The van der Waals surface area contributed by atoms with Crippen LogP contribution < -0.4 is 4.74 Å². The summed E-state index contributed by atoms with van der Waals surface area (Å²) >= 11 is 12.6. The second-order valence-corrected chi connectivity index (χ2v) is 9.08. The Bertz CT molecular complexity index is 1010. The molecule has 31 heavy (non-hydrogen) atoms. The predicted octanol–water partition coefficient (Wildman–Crippen LogP) is 5.76. The Kier molecular flexibility index (Phi) is 8.12. The van der Waals surface area contributed by atoms with Crippen LogP contribution in [-0.2, 0) is 16.2 Å². The summed E-state index contributed by atoms with van der Waals surface area (Å²) in [5, 5.41) is 10.2. The van der Waals surface area contributed by atoms with Crippen molar-refractivity contribution in [3.05, 3.63) is 69.6 Å². The molecular weight excluding hydrogens is 454 g/mol. The molecule has 3 rings (SSSR count). The number of thioether (sulfide) groups is 1. The Balaban J connectivity index is 1.69. The van der Waals surface area contributed by atoms with Crippen molar-refractivity contribution in [2.24, 2.45) is 0 Å². The predicted molar refractivity (Wildman–Crippen MR) is 128 cm³/mol. The van der Waals surface area contributed by atoms with Crippen molar-refractivity contribution in [1.29, 1.82) is 0 Å². The van der Waals surface area contributed by atoms with Crippen LogP contribution >= 0.6 is 35.6 Å². The van der Waals surface area contributed by atoms with Crippen LogP contribution in [0.1, 0.15) is 37.3 Å². The van der Waals surface area contributed by atoms with Crippen molar-refractivity contribution in [3.63, 3.8) is 0 Å². The molecule has 5 nitrogen and oxygen atoms in total. The van der Waals surface area contributed by atoms with Gasteiger partial charge in [0.05, 0.1) is 4.91 Å². The maximum absolute atomic E-state index is 12.8. The number of nitrogens with zero attached hydrogens (tertiary/aromatic N) is 1. The number of rotatable bonds is 9. The highest BCUT2D eigenvalue weighted by atomic mass is 35.5. The number of benzene rings is 2. The molecule has 0 unspecified atom stereocenters. The highest BCUT2D eigenvalue weighted by Crippen LogP contribution is 2.35. The summed E-state index contributed by atoms with van der Waals surface area (Å²) in [5.41, 5.74) is 1.69. The van der Waals surface area contributed by atoms with Crippen molar-refractivity contribution < 1.29 is 19.4 Å². The quantitative estimate of drug-likeness (QED) is 0.367. The fourth-order valence-electron chi connectivity index (χ4n) is 3.10. The summed E-state index contributed by atoms with van der Waals surface area (Å²) in [6.45, 7) is 2.33. The SMILES string of the molecule is CCCC[C@H](C(=O)O)N1C(=O)/C(=C/c2ccc(OCc3ccccc3Cl)cc2)SC1=S. The Labute approximate surface area is 196 Å². The first kappa shape index (κ1) is 23.3. The number of carboxylic acid groups (broad SMARTS) is 1. The molecule has 2 aromatic carbocycles. The van der Waals surface area contributed by atoms with Crippen LogP contribution in [0.5, 0.6) is 5.75 Å². The van der Waals surface area contributed by atoms with Gasteiger partial charge < -0.3 is 9.84 Å². The van der Waals surface area contributed by atoms with E-state index in [0.29, 0.717) is 35.1 Å². The summed E-state index contributed by atoms with van der Waals surface area (Å²) in [5.74, 6) is -0.723. The number of aliphatic carboxylic acids is 1. The molecule has 1 amide bonds. The lowest BCUT2D eigenvalue weighted by Gasteiger charge is -2.22. The van der Waals surface area contributed by atoms with Crippen LogP contribution in [0.3, 0.4) is 0 Å². The largest absolute Gasteiger partial charge is 0.489 e. The zero-order valence-electron chi connectivity index (χ0n) is 16.9. The van der Waals surface area contributed by atoms with Gasteiger partial charge >= 0.3 is 5.97 Å². The number of carboxylic acids is 1. The second kappa shape index (κ2) is 10.8. The molecule has 162 valence electrons. The molecule has 1 fully saturated rings. The molecule has 0 bridgehead atoms. The topological polar surface area (TPSA) is 66.8 Å². The summed E-state index contributed by atoms with van der Waals surface area (Å²) in [7, 11) is 0. The van der Waals surface area contributed by atoms with E-state index in [0.717, 1.165) is 29.3 Å². The van der Waals surface area contributed by atoms with Crippen molar-refractivity contribution in [3.8, 4) is 5.75 Å². The van der Waals surface area contributed by atoms with Crippen LogP contribution in [0, 0.1) is 0 Å². The monoisotopic (exact) mass is 475 g/mol. The highest BCUT2D eigenvalue weighted by molar-refractivity contribution is 8.26. The second-order valence-electron chi connectivity index (χ2n) is 7.00. The van der Waals surface area contributed by atoms with Gasteiger partial charge in [0.2, 0.25) is 0 Å². The van der Waals surface area contributed by atoms with Gasteiger partial charge in [0.25, 0.3) is 5.91 Å². The van der Waals surface area contributed by atoms with Gasteiger partial charge in [-0.15, -0.1) is 0 Å². The lowest BCUT2D eigenvalue weighted by Crippen LogP contribution is -2.43. The van der Waals surface area contributed by atoms with Crippen LogP contribution in [0.4, 0.5) is 0 Å². The van der Waals surface area contributed by atoms with Crippen molar-refractivity contribution >= 4 is 57.9 Å². The van der Waals surface area contributed by atoms with Crippen molar-refractivity contribution in [1.82, 2.24) is 4.90 Å². The van der Waals surface area contributed by atoms with E-state index in [1.54, 1.807) is 6.08 Å². The first-order valence-electron chi connectivity index (χ1n) is 9.87. The Morgan fingerprint density at radius 2 is 1.97 bits per heavy atom. The fraction of sp³-hybridized carbons (Fsp3) is 0.261. The van der Waals surface area contributed by atoms with Gasteiger partial charge in [-0.2, -0.15) is 0 Å². The Morgan fingerprint density at radius 3 is 2.61 bits per heavy atom. The molecule has 0 spiro atoms. The minimum absolute atomic E-state index is 0.277. The van der Waals surface area contributed by atoms with E-state index >= 15 is 0 Å². The van der Waals surface area contributed by atoms with Crippen LogP contribution in [0.2, 0.25) is 5.02 Å². The van der Waals surface area contributed by atoms with Crippen LogP contribution in [-0.4, -0.2) is 32.2 Å². The minimum atomic E-state index is -1.04. The number of halogens is 1. The molecule has 0 aliphatic carbocycles. The maximum atomic E-state index is 12.8. The van der Waals surface area contributed by atoms with Crippen molar-refractivity contribution in [2.45, 2.75) is 38.8 Å². The number of carbonyl (C=O) groups is 2. The third-order valence-corrected chi connectivity index (χ3v) is 6.48. The smallest absolute Gasteiger partial charge is 0.326 e. The molecule has 1 aliphatic heterocycles. The van der Waals surface area contributed by atoms with Gasteiger partial charge in [-0.25, -0.2) is 4.79 Å². The van der Waals surface area contributed by atoms with Gasteiger partial charge in [-0.05, 0) is 36.3 Å². The van der Waals surface area contributed by atoms with E-state index in [-0.39, 0.29) is 10.2 Å². The standard InChI is InChI=1S/C23H22ClNO4S2/c1-2-3-8-19(22(27)28)25-21(26)20(31-23(25)30)13-15-9-11-17(12-10-15)29-14-16-6-4-5-7-18(16)24/h4-7,9-13,19H,2-3,8,14H2,1H3,(H,27,28)/b20-13-/t19-/m1/s1. The van der Waals surface area contributed by atoms with Crippen LogP contribution in [0.25, 0.3) is 6.08 Å². The Hall–Kier alpha value is -2.35. The number of hydrogen-bond acceptors (Lipinski definition) is 5.